The van der Waals surface area contributed by atoms with E-state index in [-0.39, 0.29) is 24.9 Å². The Kier molecular flexibility index (Phi) is 7.31. The standard InChI is InChI=1S/C15H20FNO5/c1-3-4-15(20)21-9-12(19)8-17-11-5-6-14(13(16)7-11)22-10(2)18/h5-7,12,17,19H,3-4,8-9H2,1-2H3/t12-/m1/s1. The monoisotopic (exact) mass is 313 g/mol. The summed E-state index contributed by atoms with van der Waals surface area (Å²) in [5.74, 6) is -1.82. The van der Waals surface area contributed by atoms with E-state index in [2.05, 4.69) is 10.1 Å². The molecular weight excluding hydrogens is 293 g/mol. The molecule has 0 heterocycles. The van der Waals surface area contributed by atoms with Crippen molar-refractivity contribution in [1.29, 1.82) is 0 Å². The number of nitrogens with one attached hydrogen (secondary N) is 1. The van der Waals surface area contributed by atoms with Crippen molar-refractivity contribution in [3.63, 3.8) is 0 Å². The van der Waals surface area contributed by atoms with E-state index in [4.69, 9.17) is 4.74 Å². The fraction of sp³-hybridized carbons (Fsp3) is 0.467. The van der Waals surface area contributed by atoms with Crippen molar-refractivity contribution in [2.45, 2.75) is 32.8 Å². The number of ether oxygens (including phenoxy) is 2. The third kappa shape index (κ3) is 6.53. The van der Waals surface area contributed by atoms with Crippen LogP contribution in [0.2, 0.25) is 0 Å². The number of carbonyl (C=O) groups excluding carboxylic acids is 2. The maximum absolute atomic E-state index is 13.6. The summed E-state index contributed by atoms with van der Waals surface area (Å²) in [5, 5.41) is 12.5. The molecule has 0 fully saturated rings. The number of anilines is 1. The summed E-state index contributed by atoms with van der Waals surface area (Å²) in [6.07, 6.45) is 0.0846. The number of benzene rings is 1. The van der Waals surface area contributed by atoms with Crippen LogP contribution >= 0.6 is 0 Å². The largest absolute Gasteiger partial charge is 0.463 e. The molecular formula is C15H20FNO5. The minimum absolute atomic E-state index is 0.0890. The van der Waals surface area contributed by atoms with Crippen LogP contribution in [0.3, 0.4) is 0 Å². The molecule has 0 saturated heterocycles. The highest BCUT2D eigenvalue weighted by Gasteiger charge is 2.10. The van der Waals surface area contributed by atoms with Crippen LogP contribution < -0.4 is 10.1 Å². The van der Waals surface area contributed by atoms with Crippen LogP contribution in [0.1, 0.15) is 26.7 Å². The smallest absolute Gasteiger partial charge is 0.308 e. The van der Waals surface area contributed by atoms with Crippen LogP contribution in [0.4, 0.5) is 10.1 Å². The molecule has 0 aromatic heterocycles. The van der Waals surface area contributed by atoms with E-state index < -0.39 is 17.9 Å². The summed E-state index contributed by atoms with van der Waals surface area (Å²) < 4.78 is 23.1. The molecule has 6 nitrogen and oxygen atoms in total. The molecule has 2 N–H and O–H groups in total. The minimum Gasteiger partial charge on any atom is -0.463 e. The lowest BCUT2D eigenvalue weighted by atomic mass is 10.2. The molecule has 0 radical (unpaired) electrons. The Labute approximate surface area is 128 Å². The number of hydrogen-bond donors (Lipinski definition) is 2. The fourth-order valence-electron chi connectivity index (χ4n) is 1.61. The number of aliphatic hydroxyl groups is 1. The summed E-state index contributed by atoms with van der Waals surface area (Å²) in [6, 6.07) is 3.97. The summed E-state index contributed by atoms with van der Waals surface area (Å²) in [5.41, 5.74) is 0.410. The molecule has 1 atom stereocenters. The zero-order chi connectivity index (χ0) is 16.5. The zero-order valence-electron chi connectivity index (χ0n) is 12.6. The van der Waals surface area contributed by atoms with Gasteiger partial charge in [-0.2, -0.15) is 0 Å². The molecule has 0 unspecified atom stereocenters. The van der Waals surface area contributed by atoms with Gasteiger partial charge in [-0.25, -0.2) is 4.39 Å². The first-order valence-electron chi connectivity index (χ1n) is 6.98. The first-order chi connectivity index (χ1) is 10.4. The lowest BCUT2D eigenvalue weighted by Gasteiger charge is -2.13. The van der Waals surface area contributed by atoms with Crippen LogP contribution in [0.15, 0.2) is 18.2 Å². The van der Waals surface area contributed by atoms with Crippen molar-refractivity contribution in [3.05, 3.63) is 24.0 Å². The number of halogens is 1. The molecule has 0 aliphatic heterocycles. The maximum atomic E-state index is 13.6. The lowest BCUT2D eigenvalue weighted by molar-refractivity contribution is -0.146. The van der Waals surface area contributed by atoms with Gasteiger partial charge in [0.2, 0.25) is 0 Å². The lowest BCUT2D eigenvalue weighted by Crippen LogP contribution is -2.26. The highest BCUT2D eigenvalue weighted by molar-refractivity contribution is 5.70. The summed E-state index contributed by atoms with van der Waals surface area (Å²) >= 11 is 0. The van der Waals surface area contributed by atoms with E-state index in [0.29, 0.717) is 18.5 Å². The van der Waals surface area contributed by atoms with Crippen molar-refractivity contribution < 1.29 is 28.6 Å². The Hall–Kier alpha value is -2.15. The van der Waals surface area contributed by atoms with Gasteiger partial charge < -0.3 is 19.9 Å². The van der Waals surface area contributed by atoms with Crippen LogP contribution in [-0.2, 0) is 14.3 Å². The normalized spacial score (nSPS) is 11.6. The van der Waals surface area contributed by atoms with Gasteiger partial charge in [-0.3, -0.25) is 9.59 Å². The van der Waals surface area contributed by atoms with Gasteiger partial charge >= 0.3 is 11.9 Å². The molecule has 0 bridgehead atoms. The Morgan fingerprint density at radius 3 is 2.73 bits per heavy atom. The topological polar surface area (TPSA) is 84.9 Å². The molecule has 122 valence electrons. The Morgan fingerprint density at radius 2 is 2.14 bits per heavy atom. The summed E-state index contributed by atoms with van der Waals surface area (Å²) in [6.45, 7) is 3.00. The molecule has 22 heavy (non-hydrogen) atoms. The SMILES string of the molecule is CCCC(=O)OC[C@H](O)CNc1ccc(OC(C)=O)c(F)c1. The highest BCUT2D eigenvalue weighted by atomic mass is 19.1. The summed E-state index contributed by atoms with van der Waals surface area (Å²) in [7, 11) is 0. The van der Waals surface area contributed by atoms with Gasteiger partial charge in [-0.1, -0.05) is 6.92 Å². The van der Waals surface area contributed by atoms with Gasteiger partial charge in [0.05, 0.1) is 0 Å². The van der Waals surface area contributed by atoms with Gasteiger partial charge in [-0.15, -0.1) is 0 Å². The number of esters is 2. The second kappa shape index (κ2) is 8.99. The second-order valence-corrected chi connectivity index (χ2v) is 4.71. The molecule has 0 saturated carbocycles. The Morgan fingerprint density at radius 1 is 1.41 bits per heavy atom. The van der Waals surface area contributed by atoms with Gasteiger partial charge in [0.1, 0.15) is 12.7 Å². The number of aliphatic hydroxyl groups excluding tert-OH is 1. The Balaban J connectivity index is 2.42. The van der Waals surface area contributed by atoms with Crippen molar-refractivity contribution in [2.75, 3.05) is 18.5 Å². The fourth-order valence-corrected chi connectivity index (χ4v) is 1.61. The van der Waals surface area contributed by atoms with Gasteiger partial charge in [0.15, 0.2) is 11.6 Å². The molecule has 0 spiro atoms. The number of carbonyl (C=O) groups is 2. The quantitative estimate of drug-likeness (QED) is 0.563. The molecule has 1 rings (SSSR count). The first-order valence-corrected chi connectivity index (χ1v) is 6.98. The van der Waals surface area contributed by atoms with E-state index in [1.807, 2.05) is 6.92 Å². The average molecular weight is 313 g/mol. The van der Waals surface area contributed by atoms with Crippen molar-refractivity contribution in [2.24, 2.45) is 0 Å². The minimum atomic E-state index is -0.906. The van der Waals surface area contributed by atoms with Gasteiger partial charge in [0.25, 0.3) is 0 Å². The number of hydrogen-bond acceptors (Lipinski definition) is 6. The van der Waals surface area contributed by atoms with Crippen LogP contribution in [0, 0.1) is 5.82 Å². The maximum Gasteiger partial charge on any atom is 0.308 e. The second-order valence-electron chi connectivity index (χ2n) is 4.71. The third-order valence-corrected chi connectivity index (χ3v) is 2.62. The van der Waals surface area contributed by atoms with E-state index in [1.54, 1.807) is 0 Å². The van der Waals surface area contributed by atoms with E-state index >= 15 is 0 Å². The van der Waals surface area contributed by atoms with E-state index in [1.165, 1.54) is 19.1 Å². The van der Waals surface area contributed by atoms with Crippen LogP contribution in [-0.4, -0.2) is 36.3 Å². The van der Waals surface area contributed by atoms with Crippen molar-refractivity contribution in [3.8, 4) is 5.75 Å². The van der Waals surface area contributed by atoms with Crippen molar-refractivity contribution in [1.82, 2.24) is 0 Å². The molecule has 0 aliphatic carbocycles. The Bertz CT molecular complexity index is 521. The average Bonchev–Trinajstić information content (AvgIpc) is 2.45. The van der Waals surface area contributed by atoms with Crippen LogP contribution in [0.25, 0.3) is 0 Å². The third-order valence-electron chi connectivity index (χ3n) is 2.62. The highest BCUT2D eigenvalue weighted by Crippen LogP contribution is 2.21. The molecule has 1 aromatic carbocycles. The van der Waals surface area contributed by atoms with E-state index in [0.717, 1.165) is 6.07 Å². The summed E-state index contributed by atoms with van der Waals surface area (Å²) in [4.78, 5) is 21.9. The molecule has 7 heteroatoms. The zero-order valence-corrected chi connectivity index (χ0v) is 12.6. The molecule has 0 aliphatic rings. The van der Waals surface area contributed by atoms with Crippen molar-refractivity contribution >= 4 is 17.6 Å². The molecule has 1 aromatic rings. The number of rotatable bonds is 8. The van der Waals surface area contributed by atoms with E-state index in [9.17, 15) is 19.1 Å². The van der Waals surface area contributed by atoms with Gasteiger partial charge in [0, 0.05) is 31.6 Å². The first kappa shape index (κ1) is 17.9. The predicted molar refractivity (Wildman–Crippen MR) is 78.1 cm³/mol. The molecule has 0 amide bonds. The predicted octanol–water partition coefficient (Wildman–Crippen LogP) is 1.87. The van der Waals surface area contributed by atoms with Crippen LogP contribution in [0.5, 0.6) is 5.75 Å². The van der Waals surface area contributed by atoms with Gasteiger partial charge in [-0.05, 0) is 18.6 Å².